The summed E-state index contributed by atoms with van der Waals surface area (Å²) < 4.78 is 12.4. The molecule has 0 aliphatic carbocycles. The fourth-order valence-electron chi connectivity index (χ4n) is 5.52. The molecule has 1 aromatic heterocycles. The van der Waals surface area contributed by atoms with E-state index in [2.05, 4.69) is 17.1 Å². The Balaban J connectivity index is 1.37. The summed E-state index contributed by atoms with van der Waals surface area (Å²) >= 11 is 15.0. The van der Waals surface area contributed by atoms with Gasteiger partial charge in [-0.2, -0.15) is 0 Å². The first kappa shape index (κ1) is 32.4. The van der Waals surface area contributed by atoms with E-state index >= 15 is 0 Å². The van der Waals surface area contributed by atoms with Gasteiger partial charge in [0, 0.05) is 27.8 Å². The van der Waals surface area contributed by atoms with Crippen molar-refractivity contribution < 1.29 is 24.2 Å². The third-order valence-electron chi connectivity index (χ3n) is 7.77. The maximum Gasteiger partial charge on any atom is 0.301 e. The highest BCUT2D eigenvalue weighted by molar-refractivity contribution is 8.00. The second-order valence-electron chi connectivity index (χ2n) is 11.1. The fourth-order valence-corrected chi connectivity index (χ4v) is 7.95. The van der Waals surface area contributed by atoms with Gasteiger partial charge in [0.25, 0.3) is 5.78 Å². The molecule has 3 aromatic carbocycles. The van der Waals surface area contributed by atoms with E-state index in [1.54, 1.807) is 30.3 Å². The Bertz CT molecular complexity index is 1830. The summed E-state index contributed by atoms with van der Waals surface area (Å²) in [5, 5.41) is 21.6. The molecular formula is C34H31Cl2N3O5S2. The number of fused-ring (bicyclic) bond motifs is 1. The Labute approximate surface area is 285 Å². The maximum atomic E-state index is 13.7. The van der Waals surface area contributed by atoms with Gasteiger partial charge in [-0.05, 0) is 72.5 Å². The zero-order valence-electron chi connectivity index (χ0n) is 25.2. The number of benzene rings is 3. The number of aromatic nitrogens is 2. The van der Waals surface area contributed by atoms with Gasteiger partial charge in [-0.15, -0.1) is 10.2 Å². The first-order valence-corrected chi connectivity index (χ1v) is 17.5. The van der Waals surface area contributed by atoms with Gasteiger partial charge in [0.15, 0.2) is 4.34 Å². The van der Waals surface area contributed by atoms with Crippen LogP contribution in [0, 0.1) is 0 Å². The third-order valence-corrected chi connectivity index (χ3v) is 10.5. The molecule has 0 saturated carbocycles. The summed E-state index contributed by atoms with van der Waals surface area (Å²) in [6, 6.07) is 16.9. The quantitative estimate of drug-likeness (QED) is 0.0415. The van der Waals surface area contributed by atoms with Crippen LogP contribution in [0.15, 0.2) is 70.6 Å². The molecule has 6 rings (SSSR count). The predicted molar refractivity (Wildman–Crippen MR) is 182 cm³/mol. The number of anilines is 1. The standard InChI is InChI=1S/C34H31Cl2N3O5S2/c1-3-4-5-13-43-25-8-6-7-20(16-25)29-28(30(40)21-10-12-27-23(15-21)14-19(2)44-27)31(41)32(42)39(29)33-37-38-34(46-33)45-18-22-9-11-24(35)17-26(22)36/h6-12,15-17,19,29,40H,3-5,13-14,18H2,1-2H3/t19-,29+/m1/s1. The minimum absolute atomic E-state index is 0.0122. The second kappa shape index (κ2) is 14.0. The zero-order chi connectivity index (χ0) is 32.4. The van der Waals surface area contributed by atoms with Gasteiger partial charge in [-0.3, -0.25) is 14.5 Å². The molecule has 2 atom stereocenters. The third kappa shape index (κ3) is 6.76. The largest absolute Gasteiger partial charge is 0.507 e. The van der Waals surface area contributed by atoms with Crippen LogP contribution < -0.4 is 14.4 Å². The van der Waals surface area contributed by atoms with E-state index in [1.807, 2.05) is 37.3 Å². The molecule has 12 heteroatoms. The Morgan fingerprint density at radius 1 is 1.11 bits per heavy atom. The van der Waals surface area contributed by atoms with Crippen LogP contribution in [0.1, 0.15) is 61.4 Å². The SMILES string of the molecule is CCCCCOc1cccc([C@H]2C(=C(O)c3ccc4c(c3)C[C@@H](C)O4)C(=O)C(=O)N2c2nnc(SCc3ccc(Cl)cc3Cl)s2)c1. The molecule has 0 unspecified atom stereocenters. The topological polar surface area (TPSA) is 102 Å². The number of hydrogen-bond donors (Lipinski definition) is 1. The molecule has 2 aliphatic heterocycles. The summed E-state index contributed by atoms with van der Waals surface area (Å²) in [5.41, 5.74) is 2.80. The lowest BCUT2D eigenvalue weighted by Crippen LogP contribution is -2.29. The number of nitrogens with zero attached hydrogens (tertiary/aromatic N) is 3. The lowest BCUT2D eigenvalue weighted by atomic mass is 9.94. The Morgan fingerprint density at radius 2 is 1.96 bits per heavy atom. The number of halogens is 2. The molecule has 238 valence electrons. The summed E-state index contributed by atoms with van der Waals surface area (Å²) in [6.45, 7) is 4.64. The number of unbranched alkanes of at least 4 members (excludes halogenated alkanes) is 2. The molecule has 0 radical (unpaired) electrons. The van der Waals surface area contributed by atoms with Crippen LogP contribution in [0.25, 0.3) is 5.76 Å². The summed E-state index contributed by atoms with van der Waals surface area (Å²) in [5.74, 6) is -0.0140. The van der Waals surface area contributed by atoms with Crippen molar-refractivity contribution in [2.45, 2.75) is 61.8 Å². The lowest BCUT2D eigenvalue weighted by Gasteiger charge is -2.23. The fraction of sp³-hybridized carbons (Fsp3) is 0.294. The number of ketones is 1. The van der Waals surface area contributed by atoms with Crippen LogP contribution in [-0.2, 0) is 21.8 Å². The highest BCUT2D eigenvalue weighted by Gasteiger charge is 2.48. The number of rotatable bonds is 11. The summed E-state index contributed by atoms with van der Waals surface area (Å²) in [6.07, 6.45) is 3.72. The highest BCUT2D eigenvalue weighted by Crippen LogP contribution is 2.45. The number of amides is 1. The Hall–Kier alpha value is -3.57. The number of ether oxygens (including phenoxy) is 2. The normalized spacial score (nSPS) is 18.6. The summed E-state index contributed by atoms with van der Waals surface area (Å²) in [4.78, 5) is 28.8. The number of thioether (sulfide) groups is 1. The van der Waals surface area contributed by atoms with E-state index in [1.165, 1.54) is 28.0 Å². The van der Waals surface area contributed by atoms with Gasteiger partial charge < -0.3 is 14.6 Å². The van der Waals surface area contributed by atoms with E-state index < -0.39 is 17.7 Å². The van der Waals surface area contributed by atoms with Crippen LogP contribution in [-0.4, -0.2) is 39.7 Å². The van der Waals surface area contributed by atoms with E-state index in [0.29, 0.717) is 50.0 Å². The number of carbonyl (C=O) groups is 2. The van der Waals surface area contributed by atoms with Crippen molar-refractivity contribution >= 4 is 68.9 Å². The van der Waals surface area contributed by atoms with Crippen molar-refractivity contribution in [1.82, 2.24) is 10.2 Å². The van der Waals surface area contributed by atoms with Crippen molar-refractivity contribution in [3.63, 3.8) is 0 Å². The van der Waals surface area contributed by atoms with Crippen LogP contribution in [0.4, 0.5) is 5.13 Å². The lowest BCUT2D eigenvalue weighted by molar-refractivity contribution is -0.132. The monoisotopic (exact) mass is 695 g/mol. The first-order valence-electron chi connectivity index (χ1n) is 15.0. The van der Waals surface area contributed by atoms with Crippen molar-refractivity contribution in [1.29, 1.82) is 0 Å². The first-order chi connectivity index (χ1) is 22.2. The Morgan fingerprint density at radius 3 is 2.76 bits per heavy atom. The minimum atomic E-state index is -0.959. The number of hydrogen-bond acceptors (Lipinski definition) is 9. The van der Waals surface area contributed by atoms with Gasteiger partial charge in [-0.25, -0.2) is 0 Å². The minimum Gasteiger partial charge on any atom is -0.507 e. The van der Waals surface area contributed by atoms with E-state index in [-0.39, 0.29) is 22.6 Å². The number of aliphatic hydroxyl groups is 1. The van der Waals surface area contributed by atoms with Crippen LogP contribution >= 0.6 is 46.3 Å². The molecule has 4 aromatic rings. The van der Waals surface area contributed by atoms with Crippen LogP contribution in [0.5, 0.6) is 11.5 Å². The zero-order valence-corrected chi connectivity index (χ0v) is 28.3. The van der Waals surface area contributed by atoms with E-state index in [0.717, 1.165) is 36.1 Å². The van der Waals surface area contributed by atoms with E-state index in [9.17, 15) is 14.7 Å². The summed E-state index contributed by atoms with van der Waals surface area (Å²) in [7, 11) is 0. The molecule has 3 heterocycles. The van der Waals surface area contributed by atoms with Crippen LogP contribution in [0.3, 0.4) is 0 Å². The van der Waals surface area contributed by atoms with Gasteiger partial charge in [0.2, 0.25) is 5.13 Å². The molecular weight excluding hydrogens is 665 g/mol. The predicted octanol–water partition coefficient (Wildman–Crippen LogP) is 8.66. The van der Waals surface area contributed by atoms with Gasteiger partial charge in [0.1, 0.15) is 23.4 Å². The van der Waals surface area contributed by atoms with E-state index in [4.69, 9.17) is 32.7 Å². The highest BCUT2D eigenvalue weighted by atomic mass is 35.5. The molecule has 0 bridgehead atoms. The number of aliphatic hydroxyl groups excluding tert-OH is 1. The van der Waals surface area contributed by atoms with Gasteiger partial charge >= 0.3 is 5.91 Å². The van der Waals surface area contributed by atoms with Crippen molar-refractivity contribution in [2.24, 2.45) is 0 Å². The molecule has 8 nitrogen and oxygen atoms in total. The molecule has 1 saturated heterocycles. The average Bonchev–Trinajstić information content (AvgIpc) is 3.73. The molecule has 2 aliphatic rings. The number of Topliss-reactive ketones (excluding diaryl/α,β-unsaturated/α-hetero) is 1. The van der Waals surface area contributed by atoms with Crippen LogP contribution in [0.2, 0.25) is 10.0 Å². The second-order valence-corrected chi connectivity index (χ2v) is 14.1. The van der Waals surface area contributed by atoms with Crippen molar-refractivity contribution in [3.05, 3.63) is 98.5 Å². The maximum absolute atomic E-state index is 13.7. The molecule has 1 N–H and O–H groups in total. The number of carbonyl (C=O) groups excluding carboxylic acids is 2. The molecule has 46 heavy (non-hydrogen) atoms. The molecule has 1 fully saturated rings. The van der Waals surface area contributed by atoms with Crippen molar-refractivity contribution in [3.8, 4) is 11.5 Å². The van der Waals surface area contributed by atoms with Crippen molar-refractivity contribution in [2.75, 3.05) is 11.5 Å². The molecule has 1 amide bonds. The Kier molecular flexibility index (Phi) is 9.89. The average molecular weight is 697 g/mol. The molecule has 0 spiro atoms. The van der Waals surface area contributed by atoms with Gasteiger partial charge in [0.05, 0.1) is 18.2 Å². The smallest absolute Gasteiger partial charge is 0.301 e. The van der Waals surface area contributed by atoms with Gasteiger partial charge in [-0.1, -0.05) is 84.3 Å².